The van der Waals surface area contributed by atoms with E-state index >= 15 is 0 Å². The van der Waals surface area contributed by atoms with Crippen molar-refractivity contribution in [2.45, 2.75) is 0 Å². The summed E-state index contributed by atoms with van der Waals surface area (Å²) in [6.45, 7) is -0.281. The van der Waals surface area contributed by atoms with E-state index < -0.39 is 0 Å². The number of carbonyl (C=O) groups excluding carboxylic acids is 2. The van der Waals surface area contributed by atoms with Gasteiger partial charge in [-0.25, -0.2) is 4.99 Å². The van der Waals surface area contributed by atoms with Crippen molar-refractivity contribution in [3.8, 4) is 11.5 Å². The number of hydrogen-bond acceptors (Lipinski definition) is 6. The fourth-order valence-electron chi connectivity index (χ4n) is 3.08. The van der Waals surface area contributed by atoms with Crippen molar-refractivity contribution < 1.29 is 19.1 Å². The van der Waals surface area contributed by atoms with Gasteiger partial charge in [0.2, 0.25) is 0 Å². The van der Waals surface area contributed by atoms with Crippen molar-refractivity contribution >= 4 is 69.4 Å². The summed E-state index contributed by atoms with van der Waals surface area (Å²) in [5, 5.41) is 6.74. The molecule has 1 aliphatic rings. The maximum absolute atomic E-state index is 12.4. The Kier molecular flexibility index (Phi) is 7.97. The largest absolute Gasteiger partial charge is 0.493 e. The molecule has 0 atom stereocenters. The van der Waals surface area contributed by atoms with Crippen LogP contribution >= 0.6 is 35.0 Å². The van der Waals surface area contributed by atoms with E-state index in [0.29, 0.717) is 32.1 Å². The van der Waals surface area contributed by atoms with Crippen LogP contribution in [0, 0.1) is 0 Å². The number of ether oxygens (including phenoxy) is 2. The lowest BCUT2D eigenvalue weighted by Gasteiger charge is -2.13. The van der Waals surface area contributed by atoms with Crippen LogP contribution in [0.2, 0.25) is 10.0 Å². The number of thioether (sulfide) groups is 1. The molecule has 7 nitrogen and oxygen atoms in total. The van der Waals surface area contributed by atoms with Gasteiger partial charge in [-0.3, -0.25) is 9.59 Å². The molecule has 1 fully saturated rings. The molecule has 0 unspecified atom stereocenters. The Hall–Kier alpha value is -3.46. The fourth-order valence-corrected chi connectivity index (χ4v) is 4.32. The van der Waals surface area contributed by atoms with Crippen LogP contribution in [-0.4, -0.2) is 30.7 Å². The molecule has 0 aliphatic carbocycles. The Labute approximate surface area is 216 Å². The molecule has 3 aromatic carbocycles. The predicted molar refractivity (Wildman–Crippen MR) is 141 cm³/mol. The number of rotatable bonds is 7. The molecule has 1 aliphatic heterocycles. The quantitative estimate of drug-likeness (QED) is 0.372. The second-order valence-electron chi connectivity index (χ2n) is 7.20. The average Bonchev–Trinajstić information content (AvgIpc) is 3.18. The first-order chi connectivity index (χ1) is 16.9. The first kappa shape index (κ1) is 24.7. The minimum absolute atomic E-state index is 0.220. The molecule has 178 valence electrons. The molecular weight excluding hydrogens is 509 g/mol. The lowest BCUT2D eigenvalue weighted by atomic mass is 10.2. The van der Waals surface area contributed by atoms with E-state index in [0.717, 1.165) is 5.69 Å². The smallest absolute Gasteiger partial charge is 0.264 e. The maximum atomic E-state index is 12.4. The SMILES string of the molecule is COc1cc(/C=C2\SC(=Nc3ccccc3)NC2=O)cc(Cl)c1OCC(=O)Nc1ccc(Cl)cc1. The second kappa shape index (κ2) is 11.3. The summed E-state index contributed by atoms with van der Waals surface area (Å²) in [6.07, 6.45) is 1.68. The predicted octanol–water partition coefficient (Wildman–Crippen LogP) is 5.91. The number of nitrogens with one attached hydrogen (secondary N) is 2. The van der Waals surface area contributed by atoms with Gasteiger partial charge >= 0.3 is 0 Å². The van der Waals surface area contributed by atoms with Crippen LogP contribution in [0.3, 0.4) is 0 Å². The highest BCUT2D eigenvalue weighted by atomic mass is 35.5. The topological polar surface area (TPSA) is 89.0 Å². The molecule has 4 rings (SSSR count). The Balaban J connectivity index is 1.46. The molecule has 10 heteroatoms. The molecule has 3 aromatic rings. The van der Waals surface area contributed by atoms with Crippen LogP contribution < -0.4 is 20.1 Å². The molecular formula is C25H19Cl2N3O4S. The Morgan fingerprint density at radius 3 is 2.57 bits per heavy atom. The van der Waals surface area contributed by atoms with Crippen molar-refractivity contribution in [1.82, 2.24) is 5.32 Å². The highest BCUT2D eigenvalue weighted by Gasteiger charge is 2.24. The van der Waals surface area contributed by atoms with Gasteiger partial charge in [0, 0.05) is 10.7 Å². The summed E-state index contributed by atoms with van der Waals surface area (Å²) in [7, 11) is 1.46. The molecule has 35 heavy (non-hydrogen) atoms. The summed E-state index contributed by atoms with van der Waals surface area (Å²) in [5.41, 5.74) is 1.96. The van der Waals surface area contributed by atoms with Gasteiger partial charge in [0.05, 0.1) is 22.7 Å². The number of halogens is 2. The van der Waals surface area contributed by atoms with Gasteiger partial charge in [0.25, 0.3) is 11.8 Å². The number of aliphatic imine (C=N–C) groups is 1. The zero-order chi connectivity index (χ0) is 24.8. The summed E-state index contributed by atoms with van der Waals surface area (Å²) in [4.78, 5) is 29.6. The number of hydrogen-bond donors (Lipinski definition) is 2. The molecule has 0 aromatic heterocycles. The van der Waals surface area contributed by atoms with Crippen molar-refractivity contribution in [3.63, 3.8) is 0 Å². The van der Waals surface area contributed by atoms with E-state index in [1.54, 1.807) is 42.5 Å². The Morgan fingerprint density at radius 2 is 1.86 bits per heavy atom. The Morgan fingerprint density at radius 1 is 1.11 bits per heavy atom. The highest BCUT2D eigenvalue weighted by molar-refractivity contribution is 8.18. The summed E-state index contributed by atoms with van der Waals surface area (Å²) < 4.78 is 11.0. The molecule has 1 heterocycles. The van der Waals surface area contributed by atoms with Crippen LogP contribution in [0.15, 0.2) is 76.6 Å². The van der Waals surface area contributed by atoms with Gasteiger partial charge in [-0.15, -0.1) is 0 Å². The minimum Gasteiger partial charge on any atom is -0.493 e. The summed E-state index contributed by atoms with van der Waals surface area (Å²) in [6, 6.07) is 19.3. The van der Waals surface area contributed by atoms with Gasteiger partial charge < -0.3 is 20.1 Å². The molecule has 2 amide bonds. The highest BCUT2D eigenvalue weighted by Crippen LogP contribution is 2.38. The first-order valence-electron chi connectivity index (χ1n) is 10.3. The van der Waals surface area contributed by atoms with Crippen molar-refractivity contribution in [2.24, 2.45) is 4.99 Å². The third-order valence-electron chi connectivity index (χ3n) is 4.66. The van der Waals surface area contributed by atoms with E-state index in [-0.39, 0.29) is 29.2 Å². The van der Waals surface area contributed by atoms with Crippen LogP contribution in [0.5, 0.6) is 11.5 Å². The van der Waals surface area contributed by atoms with Gasteiger partial charge in [-0.2, -0.15) is 0 Å². The van der Waals surface area contributed by atoms with E-state index in [2.05, 4.69) is 15.6 Å². The number of amides is 2. The zero-order valence-electron chi connectivity index (χ0n) is 18.4. The van der Waals surface area contributed by atoms with Gasteiger partial charge in [-0.05, 0) is 71.9 Å². The fraction of sp³-hybridized carbons (Fsp3) is 0.0800. The zero-order valence-corrected chi connectivity index (χ0v) is 20.7. The monoisotopic (exact) mass is 527 g/mol. The molecule has 2 N–H and O–H groups in total. The lowest BCUT2D eigenvalue weighted by Crippen LogP contribution is -2.20. The molecule has 0 radical (unpaired) electrons. The van der Waals surface area contributed by atoms with Gasteiger partial charge in [-0.1, -0.05) is 41.4 Å². The average molecular weight is 528 g/mol. The van der Waals surface area contributed by atoms with Crippen molar-refractivity contribution in [2.75, 3.05) is 19.0 Å². The molecule has 0 spiro atoms. The van der Waals surface area contributed by atoms with Gasteiger partial charge in [0.15, 0.2) is 23.3 Å². The molecule has 0 saturated carbocycles. The van der Waals surface area contributed by atoms with Crippen LogP contribution in [0.1, 0.15) is 5.56 Å². The number of amidine groups is 1. The number of para-hydroxylation sites is 1. The Bertz CT molecular complexity index is 1310. The third-order valence-corrected chi connectivity index (χ3v) is 6.11. The lowest BCUT2D eigenvalue weighted by molar-refractivity contribution is -0.118. The standard InChI is InChI=1S/C25H19Cl2N3O4S/c1-33-20-12-15(13-21-24(32)30-25(35-21)29-17-5-3-2-4-6-17)11-19(27)23(20)34-14-22(31)28-18-9-7-16(26)8-10-18/h2-13H,14H2,1H3,(H,28,31)(H,29,30,32)/b21-13-. The second-order valence-corrected chi connectivity index (χ2v) is 9.07. The number of anilines is 1. The van der Waals surface area contributed by atoms with Crippen LogP contribution in [0.25, 0.3) is 6.08 Å². The molecule has 1 saturated heterocycles. The van der Waals surface area contributed by atoms with Crippen molar-refractivity contribution in [3.05, 3.63) is 87.2 Å². The summed E-state index contributed by atoms with van der Waals surface area (Å²) >= 11 is 13.5. The first-order valence-corrected chi connectivity index (χ1v) is 11.9. The van der Waals surface area contributed by atoms with E-state index in [4.69, 9.17) is 32.7 Å². The number of methoxy groups -OCH3 is 1. The maximum Gasteiger partial charge on any atom is 0.264 e. The van der Waals surface area contributed by atoms with E-state index in [9.17, 15) is 9.59 Å². The summed E-state index contributed by atoms with van der Waals surface area (Å²) in [5.74, 6) is -0.0949. The normalized spacial score (nSPS) is 15.2. The van der Waals surface area contributed by atoms with Crippen LogP contribution in [0.4, 0.5) is 11.4 Å². The van der Waals surface area contributed by atoms with Gasteiger partial charge in [0.1, 0.15) is 0 Å². The minimum atomic E-state index is -0.374. The molecule has 0 bridgehead atoms. The van der Waals surface area contributed by atoms with Crippen molar-refractivity contribution in [1.29, 1.82) is 0 Å². The number of carbonyl (C=O) groups is 2. The number of nitrogens with zero attached hydrogens (tertiary/aromatic N) is 1. The van der Waals surface area contributed by atoms with E-state index in [1.165, 1.54) is 18.9 Å². The van der Waals surface area contributed by atoms with Crippen LogP contribution in [-0.2, 0) is 9.59 Å². The number of benzene rings is 3. The third kappa shape index (κ3) is 6.57. The van der Waals surface area contributed by atoms with E-state index in [1.807, 2.05) is 30.3 Å².